The number of ether oxygens (including phenoxy) is 1. The van der Waals surface area contributed by atoms with Crippen LogP contribution in [0.1, 0.15) is 16.8 Å². The average Bonchev–Trinajstić information content (AvgIpc) is 2.37. The van der Waals surface area contributed by atoms with Gasteiger partial charge in [-0.3, -0.25) is 9.59 Å². The van der Waals surface area contributed by atoms with Crippen LogP contribution in [-0.2, 0) is 9.59 Å². The number of hydrogen-bond acceptors (Lipinski definition) is 4. The monoisotopic (exact) mass is 302 g/mol. The van der Waals surface area contributed by atoms with E-state index < -0.39 is 42.6 Å². The third-order valence-electron chi connectivity index (χ3n) is 2.36. The van der Waals surface area contributed by atoms with Gasteiger partial charge in [-0.25, -0.2) is 4.79 Å². The molecule has 1 unspecified atom stereocenters. The first-order valence-corrected chi connectivity index (χ1v) is 5.67. The number of aliphatic carboxylic acids is 1. The summed E-state index contributed by atoms with van der Waals surface area (Å²) in [7, 11) is 0. The first kappa shape index (κ1) is 16.3. The van der Waals surface area contributed by atoms with Crippen molar-refractivity contribution in [1.29, 1.82) is 0 Å². The number of primary amides is 1. The molecule has 0 fully saturated rings. The van der Waals surface area contributed by atoms with Crippen molar-refractivity contribution in [1.82, 2.24) is 5.32 Å². The van der Waals surface area contributed by atoms with Crippen molar-refractivity contribution in [3.05, 3.63) is 29.8 Å². The van der Waals surface area contributed by atoms with Gasteiger partial charge >= 0.3 is 12.6 Å². The van der Waals surface area contributed by atoms with Gasteiger partial charge in [-0.2, -0.15) is 8.78 Å². The van der Waals surface area contributed by atoms with E-state index in [0.717, 1.165) is 6.07 Å². The van der Waals surface area contributed by atoms with E-state index in [1.54, 1.807) is 0 Å². The summed E-state index contributed by atoms with van der Waals surface area (Å²) >= 11 is 0. The van der Waals surface area contributed by atoms with Crippen molar-refractivity contribution in [2.24, 2.45) is 5.73 Å². The second kappa shape index (κ2) is 7.17. The Kier molecular flexibility index (Phi) is 5.58. The van der Waals surface area contributed by atoms with E-state index in [0.29, 0.717) is 0 Å². The third-order valence-corrected chi connectivity index (χ3v) is 2.36. The number of nitrogens with one attached hydrogen (secondary N) is 1. The van der Waals surface area contributed by atoms with Crippen LogP contribution in [0.25, 0.3) is 0 Å². The molecule has 0 aliphatic rings. The lowest BCUT2D eigenvalue weighted by Gasteiger charge is -2.15. The van der Waals surface area contributed by atoms with Gasteiger partial charge in [0.15, 0.2) is 0 Å². The van der Waals surface area contributed by atoms with Crippen molar-refractivity contribution >= 4 is 17.8 Å². The maximum absolute atomic E-state index is 12.2. The van der Waals surface area contributed by atoms with E-state index >= 15 is 0 Å². The SMILES string of the molecule is NC(=O)CC(NC(=O)c1ccccc1OC(F)F)C(=O)O. The highest BCUT2D eigenvalue weighted by atomic mass is 19.3. The summed E-state index contributed by atoms with van der Waals surface area (Å²) in [6.45, 7) is -3.14. The molecule has 0 aliphatic heterocycles. The highest BCUT2D eigenvalue weighted by molar-refractivity contribution is 5.99. The smallest absolute Gasteiger partial charge is 0.387 e. The minimum Gasteiger partial charge on any atom is -0.480 e. The lowest BCUT2D eigenvalue weighted by Crippen LogP contribution is -2.43. The number of rotatable bonds is 7. The Morgan fingerprint density at radius 2 is 1.90 bits per heavy atom. The van der Waals surface area contributed by atoms with Gasteiger partial charge in [0.1, 0.15) is 11.8 Å². The second-order valence-corrected chi connectivity index (χ2v) is 3.91. The number of carbonyl (C=O) groups is 3. The number of carbonyl (C=O) groups excluding carboxylic acids is 2. The molecule has 0 radical (unpaired) electrons. The molecule has 1 aromatic carbocycles. The fraction of sp³-hybridized carbons (Fsp3) is 0.250. The molecule has 1 atom stereocenters. The van der Waals surface area contributed by atoms with Crippen LogP contribution in [-0.4, -0.2) is 35.5 Å². The minimum absolute atomic E-state index is 0.284. The average molecular weight is 302 g/mol. The molecule has 4 N–H and O–H groups in total. The largest absolute Gasteiger partial charge is 0.480 e. The van der Waals surface area contributed by atoms with Gasteiger partial charge in [0.25, 0.3) is 5.91 Å². The van der Waals surface area contributed by atoms with Crippen LogP contribution in [0.15, 0.2) is 24.3 Å². The predicted molar refractivity (Wildman–Crippen MR) is 65.8 cm³/mol. The van der Waals surface area contributed by atoms with E-state index in [4.69, 9.17) is 10.8 Å². The Hall–Kier alpha value is -2.71. The number of benzene rings is 1. The Morgan fingerprint density at radius 1 is 1.29 bits per heavy atom. The maximum atomic E-state index is 12.2. The number of carboxylic acids is 1. The van der Waals surface area contributed by atoms with Crippen LogP contribution in [0, 0.1) is 0 Å². The Morgan fingerprint density at radius 3 is 2.43 bits per heavy atom. The van der Waals surface area contributed by atoms with E-state index in [2.05, 4.69) is 4.74 Å². The molecule has 114 valence electrons. The molecular weight excluding hydrogens is 290 g/mol. The zero-order valence-electron chi connectivity index (χ0n) is 10.6. The fourth-order valence-electron chi connectivity index (χ4n) is 1.49. The van der Waals surface area contributed by atoms with Crippen LogP contribution in [0.3, 0.4) is 0 Å². The zero-order chi connectivity index (χ0) is 16.0. The summed E-state index contributed by atoms with van der Waals surface area (Å²) in [6.07, 6.45) is -0.626. The summed E-state index contributed by atoms with van der Waals surface area (Å²) < 4.78 is 28.6. The van der Waals surface area contributed by atoms with Crippen molar-refractivity contribution < 1.29 is 33.0 Å². The molecule has 0 saturated heterocycles. The summed E-state index contributed by atoms with van der Waals surface area (Å²) in [5.74, 6) is -3.79. The number of alkyl halides is 2. The standard InChI is InChI=1S/C12H12F2N2O5/c13-12(14)21-8-4-2-1-3-6(8)10(18)16-7(11(19)20)5-9(15)17/h1-4,7,12H,5H2,(H2,15,17)(H,16,18)(H,19,20). The molecule has 2 amide bonds. The number of hydrogen-bond donors (Lipinski definition) is 3. The molecule has 0 spiro atoms. The topological polar surface area (TPSA) is 119 Å². The highest BCUT2D eigenvalue weighted by Gasteiger charge is 2.24. The third kappa shape index (κ3) is 5.05. The molecule has 1 rings (SSSR count). The quantitative estimate of drug-likeness (QED) is 0.671. The zero-order valence-corrected chi connectivity index (χ0v) is 10.6. The molecule has 9 heteroatoms. The number of halogens is 2. The van der Waals surface area contributed by atoms with E-state index in [-0.39, 0.29) is 5.56 Å². The molecule has 0 aromatic heterocycles. The van der Waals surface area contributed by atoms with Crippen molar-refractivity contribution in [2.75, 3.05) is 0 Å². The molecule has 21 heavy (non-hydrogen) atoms. The summed E-state index contributed by atoms with van der Waals surface area (Å²) in [6, 6.07) is 3.50. The highest BCUT2D eigenvalue weighted by Crippen LogP contribution is 2.20. The van der Waals surface area contributed by atoms with Gasteiger partial charge in [-0.05, 0) is 12.1 Å². The van der Waals surface area contributed by atoms with Gasteiger partial charge in [0.2, 0.25) is 5.91 Å². The first-order chi connectivity index (χ1) is 9.81. The van der Waals surface area contributed by atoms with E-state index in [1.807, 2.05) is 5.32 Å². The number of amides is 2. The van der Waals surface area contributed by atoms with Gasteiger partial charge in [0.05, 0.1) is 12.0 Å². The lowest BCUT2D eigenvalue weighted by atomic mass is 10.1. The molecule has 0 heterocycles. The predicted octanol–water partition coefficient (Wildman–Crippen LogP) is 0.346. The number of carboxylic acid groups (broad SMARTS) is 1. The van der Waals surface area contributed by atoms with E-state index in [9.17, 15) is 23.2 Å². The van der Waals surface area contributed by atoms with E-state index in [1.165, 1.54) is 18.2 Å². The van der Waals surface area contributed by atoms with Crippen LogP contribution >= 0.6 is 0 Å². The lowest BCUT2D eigenvalue weighted by molar-refractivity contribution is -0.140. The molecule has 0 aliphatic carbocycles. The van der Waals surface area contributed by atoms with Gasteiger partial charge < -0.3 is 20.9 Å². The van der Waals surface area contributed by atoms with Crippen LogP contribution < -0.4 is 15.8 Å². The van der Waals surface area contributed by atoms with Crippen molar-refractivity contribution in [2.45, 2.75) is 19.1 Å². The Bertz CT molecular complexity index is 550. The second-order valence-electron chi connectivity index (χ2n) is 3.91. The molecule has 0 saturated carbocycles. The molecule has 7 nitrogen and oxygen atoms in total. The first-order valence-electron chi connectivity index (χ1n) is 5.67. The normalized spacial score (nSPS) is 11.8. The van der Waals surface area contributed by atoms with Crippen LogP contribution in [0.2, 0.25) is 0 Å². The molecule has 0 bridgehead atoms. The van der Waals surface area contributed by atoms with Crippen LogP contribution in [0.4, 0.5) is 8.78 Å². The fourth-order valence-corrected chi connectivity index (χ4v) is 1.49. The number of para-hydroxylation sites is 1. The summed E-state index contributed by atoms with van der Waals surface area (Å²) in [4.78, 5) is 33.5. The number of nitrogens with two attached hydrogens (primary N) is 1. The Balaban J connectivity index is 2.92. The minimum atomic E-state index is -3.14. The van der Waals surface area contributed by atoms with Gasteiger partial charge in [-0.1, -0.05) is 12.1 Å². The van der Waals surface area contributed by atoms with Crippen molar-refractivity contribution in [3.8, 4) is 5.75 Å². The molecular formula is C12H12F2N2O5. The van der Waals surface area contributed by atoms with Crippen molar-refractivity contribution in [3.63, 3.8) is 0 Å². The van der Waals surface area contributed by atoms with Gasteiger partial charge in [-0.15, -0.1) is 0 Å². The van der Waals surface area contributed by atoms with Gasteiger partial charge in [0, 0.05) is 0 Å². The summed E-state index contributed by atoms with van der Waals surface area (Å²) in [5, 5.41) is 10.9. The Labute approximate surface area is 117 Å². The maximum Gasteiger partial charge on any atom is 0.387 e. The molecule has 1 aromatic rings. The summed E-state index contributed by atoms with van der Waals surface area (Å²) in [5.41, 5.74) is 4.58. The van der Waals surface area contributed by atoms with Crippen LogP contribution in [0.5, 0.6) is 5.75 Å².